The molecule has 0 aliphatic rings. The number of hydrogen-bond acceptors (Lipinski definition) is 3. The van der Waals surface area contributed by atoms with E-state index < -0.39 is 5.97 Å². The molecular formula is C16H15NO4. The largest absolute Gasteiger partial charge is 0.508 e. The molecule has 5 heteroatoms. The van der Waals surface area contributed by atoms with Crippen molar-refractivity contribution in [1.82, 2.24) is 5.32 Å². The first-order valence-electron chi connectivity index (χ1n) is 6.46. The molecule has 108 valence electrons. The highest BCUT2D eigenvalue weighted by Crippen LogP contribution is 2.11. The molecular weight excluding hydrogens is 270 g/mol. The Bertz CT molecular complexity index is 667. The van der Waals surface area contributed by atoms with Gasteiger partial charge in [0.1, 0.15) is 5.75 Å². The van der Waals surface area contributed by atoms with Crippen LogP contribution < -0.4 is 5.32 Å². The maximum atomic E-state index is 11.9. The first-order chi connectivity index (χ1) is 10.1. The summed E-state index contributed by atoms with van der Waals surface area (Å²) in [6.07, 6.45) is 0.424. The van der Waals surface area contributed by atoms with Gasteiger partial charge in [0, 0.05) is 12.1 Å². The molecule has 1 amide bonds. The molecule has 0 fully saturated rings. The van der Waals surface area contributed by atoms with E-state index in [9.17, 15) is 14.7 Å². The lowest BCUT2D eigenvalue weighted by Gasteiger charge is -2.08. The third-order valence-electron chi connectivity index (χ3n) is 3.04. The Labute approximate surface area is 121 Å². The normalized spacial score (nSPS) is 10.1. The average Bonchev–Trinajstić information content (AvgIpc) is 2.47. The second-order valence-electron chi connectivity index (χ2n) is 4.52. The summed E-state index contributed by atoms with van der Waals surface area (Å²) < 4.78 is 0. The van der Waals surface area contributed by atoms with Gasteiger partial charge in [-0.3, -0.25) is 4.79 Å². The summed E-state index contributed by atoms with van der Waals surface area (Å²) in [7, 11) is 0. The molecule has 0 radical (unpaired) electrons. The Kier molecular flexibility index (Phi) is 4.56. The number of nitrogens with one attached hydrogen (secondary N) is 1. The van der Waals surface area contributed by atoms with Gasteiger partial charge in [0.05, 0.1) is 5.56 Å². The van der Waals surface area contributed by atoms with Gasteiger partial charge in [-0.2, -0.15) is 0 Å². The lowest BCUT2D eigenvalue weighted by Crippen LogP contribution is -2.26. The third kappa shape index (κ3) is 3.82. The van der Waals surface area contributed by atoms with Crippen molar-refractivity contribution >= 4 is 11.9 Å². The number of phenols is 1. The van der Waals surface area contributed by atoms with Crippen molar-refractivity contribution in [2.75, 3.05) is 6.54 Å². The van der Waals surface area contributed by atoms with Crippen molar-refractivity contribution in [2.45, 2.75) is 6.42 Å². The smallest absolute Gasteiger partial charge is 0.335 e. The quantitative estimate of drug-likeness (QED) is 0.784. The lowest BCUT2D eigenvalue weighted by atomic mass is 10.0. The van der Waals surface area contributed by atoms with Crippen LogP contribution in [0.4, 0.5) is 0 Å². The maximum Gasteiger partial charge on any atom is 0.335 e. The number of aromatic hydroxyl groups is 1. The molecule has 0 aromatic heterocycles. The molecule has 0 unspecified atom stereocenters. The summed E-state index contributed by atoms with van der Waals surface area (Å²) in [6, 6.07) is 12.7. The first-order valence-corrected chi connectivity index (χ1v) is 6.46. The van der Waals surface area contributed by atoms with Crippen molar-refractivity contribution in [2.24, 2.45) is 0 Å². The van der Waals surface area contributed by atoms with Gasteiger partial charge in [-0.25, -0.2) is 4.79 Å². The molecule has 21 heavy (non-hydrogen) atoms. The molecule has 0 aliphatic carbocycles. The Morgan fingerprint density at radius 1 is 1.05 bits per heavy atom. The van der Waals surface area contributed by atoms with Crippen LogP contribution in [0.2, 0.25) is 0 Å². The number of carboxylic acid groups (broad SMARTS) is 1. The number of amides is 1. The van der Waals surface area contributed by atoms with E-state index in [2.05, 4.69) is 5.32 Å². The van der Waals surface area contributed by atoms with E-state index in [1.54, 1.807) is 30.3 Å². The Morgan fingerprint density at radius 3 is 2.52 bits per heavy atom. The SMILES string of the molecule is O=C(NCCc1ccccc1C(=O)O)c1cccc(O)c1. The minimum atomic E-state index is -0.982. The third-order valence-corrected chi connectivity index (χ3v) is 3.04. The minimum Gasteiger partial charge on any atom is -0.508 e. The van der Waals surface area contributed by atoms with E-state index in [-0.39, 0.29) is 17.2 Å². The summed E-state index contributed by atoms with van der Waals surface area (Å²) >= 11 is 0. The summed E-state index contributed by atoms with van der Waals surface area (Å²) in [4.78, 5) is 22.9. The zero-order chi connectivity index (χ0) is 15.2. The maximum absolute atomic E-state index is 11.9. The number of hydrogen-bond donors (Lipinski definition) is 3. The highest BCUT2D eigenvalue weighted by Gasteiger charge is 2.10. The standard InChI is InChI=1S/C16H15NO4/c18-13-6-3-5-12(10-13)15(19)17-9-8-11-4-1-2-7-14(11)16(20)21/h1-7,10,18H,8-9H2,(H,17,19)(H,20,21). The monoisotopic (exact) mass is 285 g/mol. The summed E-state index contributed by atoms with van der Waals surface area (Å²) in [5, 5.41) is 21.1. The van der Waals surface area contributed by atoms with Crippen LogP contribution in [0.15, 0.2) is 48.5 Å². The van der Waals surface area contributed by atoms with E-state index in [4.69, 9.17) is 5.11 Å². The highest BCUT2D eigenvalue weighted by molar-refractivity contribution is 5.94. The second kappa shape index (κ2) is 6.56. The minimum absolute atomic E-state index is 0.0267. The van der Waals surface area contributed by atoms with Gasteiger partial charge < -0.3 is 15.5 Å². The number of carbonyl (C=O) groups excluding carboxylic acids is 1. The van der Waals surface area contributed by atoms with Crippen LogP contribution in [0.1, 0.15) is 26.3 Å². The number of carbonyl (C=O) groups is 2. The predicted molar refractivity (Wildman–Crippen MR) is 77.5 cm³/mol. The van der Waals surface area contributed by atoms with Crippen molar-refractivity contribution in [3.8, 4) is 5.75 Å². The van der Waals surface area contributed by atoms with Crippen LogP contribution in [-0.2, 0) is 6.42 Å². The van der Waals surface area contributed by atoms with E-state index in [0.29, 0.717) is 24.1 Å². The van der Waals surface area contributed by atoms with E-state index >= 15 is 0 Å². The number of rotatable bonds is 5. The van der Waals surface area contributed by atoms with Crippen molar-refractivity contribution in [1.29, 1.82) is 0 Å². The van der Waals surface area contributed by atoms with Crippen molar-refractivity contribution in [3.63, 3.8) is 0 Å². The van der Waals surface area contributed by atoms with E-state index in [1.807, 2.05) is 0 Å². The Morgan fingerprint density at radius 2 is 1.81 bits per heavy atom. The van der Waals surface area contributed by atoms with Crippen molar-refractivity contribution in [3.05, 3.63) is 65.2 Å². The van der Waals surface area contributed by atoms with Crippen LogP contribution in [0.5, 0.6) is 5.75 Å². The second-order valence-corrected chi connectivity index (χ2v) is 4.52. The number of carboxylic acids is 1. The molecule has 3 N–H and O–H groups in total. The molecule has 0 heterocycles. The van der Waals surface area contributed by atoms with Gasteiger partial charge in [-0.1, -0.05) is 24.3 Å². The highest BCUT2D eigenvalue weighted by atomic mass is 16.4. The first kappa shape index (κ1) is 14.6. The van der Waals surface area contributed by atoms with Crippen LogP contribution in [0.25, 0.3) is 0 Å². The fourth-order valence-electron chi connectivity index (χ4n) is 2.01. The number of phenolic OH excluding ortho intramolecular Hbond substituents is 1. The molecule has 0 saturated heterocycles. The van der Waals surface area contributed by atoms with E-state index in [1.165, 1.54) is 18.2 Å². The molecule has 2 aromatic carbocycles. The average molecular weight is 285 g/mol. The zero-order valence-electron chi connectivity index (χ0n) is 11.2. The molecule has 2 aromatic rings. The van der Waals surface area contributed by atoms with Crippen LogP contribution >= 0.6 is 0 Å². The number of aromatic carboxylic acids is 1. The van der Waals surface area contributed by atoms with Crippen LogP contribution in [0, 0.1) is 0 Å². The Balaban J connectivity index is 1.96. The summed E-state index contributed by atoms with van der Waals surface area (Å²) in [5.41, 5.74) is 1.27. The van der Waals surface area contributed by atoms with Gasteiger partial charge in [-0.05, 0) is 36.2 Å². The molecule has 5 nitrogen and oxygen atoms in total. The molecule has 0 bridgehead atoms. The summed E-state index contributed by atoms with van der Waals surface area (Å²) in [6.45, 7) is 0.318. The predicted octanol–water partition coefficient (Wildman–Crippen LogP) is 2.06. The van der Waals surface area contributed by atoms with Gasteiger partial charge in [0.2, 0.25) is 0 Å². The molecule has 0 saturated carbocycles. The molecule has 0 aliphatic heterocycles. The van der Waals surface area contributed by atoms with Crippen LogP contribution in [-0.4, -0.2) is 28.6 Å². The lowest BCUT2D eigenvalue weighted by molar-refractivity contribution is 0.0695. The van der Waals surface area contributed by atoms with Crippen molar-refractivity contribution < 1.29 is 19.8 Å². The van der Waals surface area contributed by atoms with Gasteiger partial charge >= 0.3 is 5.97 Å². The van der Waals surface area contributed by atoms with Gasteiger partial charge in [-0.15, -0.1) is 0 Å². The fourth-order valence-corrected chi connectivity index (χ4v) is 2.01. The summed E-state index contributed by atoms with van der Waals surface area (Å²) in [5.74, 6) is -1.26. The van der Waals surface area contributed by atoms with Crippen LogP contribution in [0.3, 0.4) is 0 Å². The number of benzene rings is 2. The fraction of sp³-hybridized carbons (Fsp3) is 0.125. The molecule has 0 atom stereocenters. The van der Waals surface area contributed by atoms with Gasteiger partial charge in [0.15, 0.2) is 0 Å². The Hall–Kier alpha value is -2.82. The topological polar surface area (TPSA) is 86.6 Å². The molecule has 2 rings (SSSR count). The zero-order valence-corrected chi connectivity index (χ0v) is 11.2. The van der Waals surface area contributed by atoms with Gasteiger partial charge in [0.25, 0.3) is 5.91 Å². The van der Waals surface area contributed by atoms with E-state index in [0.717, 1.165) is 0 Å². The molecule has 0 spiro atoms.